The molecular weight excluding hydrogens is 342 g/mol. The first-order valence-electron chi connectivity index (χ1n) is 9.13. The van der Waals surface area contributed by atoms with Gasteiger partial charge in [-0.1, -0.05) is 35.5 Å². The molecule has 2 aromatic heterocycles. The Kier molecular flexibility index (Phi) is 5.13. The van der Waals surface area contributed by atoms with E-state index in [4.69, 9.17) is 4.52 Å². The Morgan fingerprint density at radius 1 is 1.11 bits per heavy atom. The molecule has 1 aliphatic rings. The van der Waals surface area contributed by atoms with Gasteiger partial charge in [0.25, 0.3) is 5.89 Å². The summed E-state index contributed by atoms with van der Waals surface area (Å²) >= 11 is 0. The van der Waals surface area contributed by atoms with E-state index in [-0.39, 0.29) is 0 Å². The number of rotatable bonds is 4. The first kappa shape index (κ1) is 17.6. The van der Waals surface area contributed by atoms with Crippen molar-refractivity contribution >= 4 is 5.82 Å². The van der Waals surface area contributed by atoms with Gasteiger partial charge in [-0.05, 0) is 24.6 Å². The van der Waals surface area contributed by atoms with Crippen LogP contribution in [0.5, 0.6) is 0 Å². The topological polar surface area (TPSA) is 78.5 Å². The maximum Gasteiger partial charge on any atom is 0.259 e. The SMILES string of the molecule is Cc1noc(-c2ccc(N3CCN(Cc4ccccc4)C[C@@H](O)C3)nc2)n1. The van der Waals surface area contributed by atoms with E-state index < -0.39 is 6.10 Å². The van der Waals surface area contributed by atoms with E-state index in [0.717, 1.165) is 31.0 Å². The van der Waals surface area contributed by atoms with Gasteiger partial charge in [-0.2, -0.15) is 4.98 Å². The quantitative estimate of drug-likeness (QED) is 0.759. The normalized spacial score (nSPS) is 18.4. The lowest BCUT2D eigenvalue weighted by molar-refractivity contribution is 0.129. The Bertz CT molecular complexity index is 866. The van der Waals surface area contributed by atoms with Gasteiger partial charge in [-0.15, -0.1) is 0 Å². The fourth-order valence-corrected chi connectivity index (χ4v) is 3.36. The van der Waals surface area contributed by atoms with Crippen molar-refractivity contribution in [1.82, 2.24) is 20.0 Å². The van der Waals surface area contributed by atoms with Gasteiger partial charge in [-0.25, -0.2) is 4.98 Å². The summed E-state index contributed by atoms with van der Waals surface area (Å²) in [6.45, 7) is 5.54. The number of benzene rings is 1. The molecule has 1 aliphatic heterocycles. The largest absolute Gasteiger partial charge is 0.390 e. The van der Waals surface area contributed by atoms with Gasteiger partial charge in [-0.3, -0.25) is 4.90 Å². The monoisotopic (exact) mass is 365 g/mol. The highest BCUT2D eigenvalue weighted by Crippen LogP contribution is 2.20. The molecule has 1 atom stereocenters. The number of aryl methyl sites for hydroxylation is 1. The van der Waals surface area contributed by atoms with E-state index in [2.05, 4.69) is 37.1 Å². The minimum absolute atomic E-state index is 0.420. The summed E-state index contributed by atoms with van der Waals surface area (Å²) in [4.78, 5) is 13.2. The summed E-state index contributed by atoms with van der Waals surface area (Å²) in [7, 11) is 0. The van der Waals surface area contributed by atoms with Crippen LogP contribution >= 0.6 is 0 Å². The lowest BCUT2D eigenvalue weighted by Crippen LogP contribution is -2.33. The smallest absolute Gasteiger partial charge is 0.259 e. The third kappa shape index (κ3) is 4.32. The molecule has 7 heteroatoms. The maximum atomic E-state index is 10.5. The second kappa shape index (κ2) is 7.85. The first-order valence-corrected chi connectivity index (χ1v) is 9.13. The molecule has 1 saturated heterocycles. The third-order valence-electron chi connectivity index (χ3n) is 4.68. The van der Waals surface area contributed by atoms with Crippen LogP contribution in [0.25, 0.3) is 11.5 Å². The van der Waals surface area contributed by atoms with E-state index in [0.29, 0.717) is 24.8 Å². The lowest BCUT2D eigenvalue weighted by Gasteiger charge is -2.22. The zero-order chi connectivity index (χ0) is 18.6. The molecule has 1 fully saturated rings. The Morgan fingerprint density at radius 3 is 2.67 bits per heavy atom. The first-order chi connectivity index (χ1) is 13.2. The lowest BCUT2D eigenvalue weighted by atomic mass is 10.2. The van der Waals surface area contributed by atoms with Crippen LogP contribution in [-0.4, -0.2) is 57.4 Å². The molecular formula is C20H23N5O2. The van der Waals surface area contributed by atoms with Crippen LogP contribution in [-0.2, 0) is 6.54 Å². The number of hydrogen-bond donors (Lipinski definition) is 1. The number of hydrogen-bond acceptors (Lipinski definition) is 7. The molecule has 3 aromatic rings. The molecule has 0 saturated carbocycles. The molecule has 0 radical (unpaired) electrons. The van der Waals surface area contributed by atoms with Gasteiger partial charge >= 0.3 is 0 Å². The average Bonchev–Trinajstić information content (AvgIpc) is 3.03. The van der Waals surface area contributed by atoms with Gasteiger partial charge in [0.15, 0.2) is 5.82 Å². The Morgan fingerprint density at radius 2 is 1.96 bits per heavy atom. The predicted octanol–water partition coefficient (Wildman–Crippen LogP) is 2.12. The van der Waals surface area contributed by atoms with E-state index in [1.807, 2.05) is 30.3 Å². The number of anilines is 1. The second-order valence-corrected chi connectivity index (χ2v) is 6.87. The van der Waals surface area contributed by atoms with Gasteiger partial charge in [0.05, 0.1) is 11.7 Å². The summed E-state index contributed by atoms with van der Waals surface area (Å²) in [5, 5.41) is 14.3. The fourth-order valence-electron chi connectivity index (χ4n) is 3.36. The zero-order valence-corrected chi connectivity index (χ0v) is 15.3. The summed E-state index contributed by atoms with van der Waals surface area (Å²) in [6, 6.07) is 14.2. The van der Waals surface area contributed by atoms with Crippen molar-refractivity contribution in [2.45, 2.75) is 19.6 Å². The molecule has 0 unspecified atom stereocenters. The molecule has 1 N–H and O–H groups in total. The third-order valence-corrected chi connectivity index (χ3v) is 4.68. The molecule has 0 aliphatic carbocycles. The summed E-state index contributed by atoms with van der Waals surface area (Å²) in [5.74, 6) is 1.91. The van der Waals surface area contributed by atoms with Gasteiger partial charge in [0.1, 0.15) is 5.82 Å². The van der Waals surface area contributed by atoms with Crippen molar-refractivity contribution in [3.8, 4) is 11.5 Å². The molecule has 0 spiro atoms. The van der Waals surface area contributed by atoms with Crippen LogP contribution < -0.4 is 4.90 Å². The number of aromatic nitrogens is 3. The fraction of sp³-hybridized carbons (Fsp3) is 0.350. The summed E-state index contributed by atoms with van der Waals surface area (Å²) in [6.07, 6.45) is 1.32. The van der Waals surface area contributed by atoms with Gasteiger partial charge in [0.2, 0.25) is 0 Å². The summed E-state index contributed by atoms with van der Waals surface area (Å²) < 4.78 is 5.18. The van der Waals surface area contributed by atoms with E-state index >= 15 is 0 Å². The number of nitrogens with zero attached hydrogens (tertiary/aromatic N) is 5. The van der Waals surface area contributed by atoms with Crippen molar-refractivity contribution in [2.75, 3.05) is 31.1 Å². The highest BCUT2D eigenvalue weighted by atomic mass is 16.5. The van der Waals surface area contributed by atoms with E-state index in [1.54, 1.807) is 13.1 Å². The van der Waals surface area contributed by atoms with Crippen LogP contribution in [0.3, 0.4) is 0 Å². The van der Waals surface area contributed by atoms with Crippen molar-refractivity contribution in [1.29, 1.82) is 0 Å². The standard InChI is InChI=1S/C20H23N5O2/c1-15-22-20(27-23-15)17-7-8-19(21-11-17)25-10-9-24(13-18(26)14-25)12-16-5-3-2-4-6-16/h2-8,11,18,26H,9-10,12-14H2,1H3/t18-/m1/s1. The van der Waals surface area contributed by atoms with Crippen molar-refractivity contribution in [2.24, 2.45) is 0 Å². The number of aliphatic hydroxyl groups is 1. The van der Waals surface area contributed by atoms with Crippen LogP contribution in [0, 0.1) is 6.92 Å². The maximum absolute atomic E-state index is 10.5. The molecule has 3 heterocycles. The number of β-amino-alcohol motifs (C(OH)–C–C–N with tert-alkyl or cyclic N) is 1. The van der Waals surface area contributed by atoms with Crippen LogP contribution in [0.4, 0.5) is 5.82 Å². The van der Waals surface area contributed by atoms with Crippen molar-refractivity contribution in [3.63, 3.8) is 0 Å². The molecule has 0 bridgehead atoms. The zero-order valence-electron chi connectivity index (χ0n) is 15.3. The molecule has 0 amide bonds. The Hall–Kier alpha value is -2.77. The Balaban J connectivity index is 1.43. The van der Waals surface area contributed by atoms with Crippen molar-refractivity contribution < 1.29 is 9.63 Å². The summed E-state index contributed by atoms with van der Waals surface area (Å²) in [5.41, 5.74) is 2.05. The minimum atomic E-state index is -0.420. The molecule has 140 valence electrons. The van der Waals surface area contributed by atoms with Crippen LogP contribution in [0.2, 0.25) is 0 Å². The van der Waals surface area contributed by atoms with E-state index in [1.165, 1.54) is 5.56 Å². The Labute approximate surface area is 158 Å². The highest BCUT2D eigenvalue weighted by Gasteiger charge is 2.22. The van der Waals surface area contributed by atoms with Crippen LogP contribution in [0.1, 0.15) is 11.4 Å². The van der Waals surface area contributed by atoms with E-state index in [9.17, 15) is 5.11 Å². The minimum Gasteiger partial charge on any atom is -0.390 e. The predicted molar refractivity (Wildman–Crippen MR) is 102 cm³/mol. The molecule has 1 aromatic carbocycles. The van der Waals surface area contributed by atoms with Gasteiger partial charge < -0.3 is 14.5 Å². The van der Waals surface area contributed by atoms with Gasteiger partial charge in [0, 0.05) is 38.9 Å². The van der Waals surface area contributed by atoms with Crippen molar-refractivity contribution in [3.05, 3.63) is 60.0 Å². The average molecular weight is 365 g/mol. The highest BCUT2D eigenvalue weighted by molar-refractivity contribution is 5.54. The second-order valence-electron chi connectivity index (χ2n) is 6.87. The molecule has 7 nitrogen and oxygen atoms in total. The molecule has 4 rings (SSSR count). The number of aliphatic hydroxyl groups excluding tert-OH is 1. The molecule has 27 heavy (non-hydrogen) atoms. The number of pyridine rings is 1. The van der Waals surface area contributed by atoms with Crippen LogP contribution in [0.15, 0.2) is 53.2 Å².